The Kier molecular flexibility index (Phi) is 8.73. The molecule has 10 aromatic rings. The topological polar surface area (TPSA) is 74.3 Å². The minimum Gasteiger partial charge on any atom is -0.383 e. The molecule has 0 bridgehead atoms. The maximum absolute atomic E-state index is 7.09. The summed E-state index contributed by atoms with van der Waals surface area (Å²) >= 11 is 0. The van der Waals surface area contributed by atoms with Crippen molar-refractivity contribution in [3.05, 3.63) is 216 Å². The lowest BCUT2D eigenvalue weighted by atomic mass is 9.94. The number of nitrogens with two attached hydrogens (primary N) is 2. The van der Waals surface area contributed by atoms with Crippen molar-refractivity contribution in [3.8, 4) is 22.5 Å². The second kappa shape index (κ2) is 14.4. The Bertz CT molecular complexity index is 3140. The standard InChI is InChI=1S/C53H43N5/c1-34-30-35(2)52-46(31-34)45-33-40(39-24-28-48-44(32-39)43-20-12-13-21-47(43)57(48)41-18-10-5-11-19-41)25-29-49(45)58(52)42-26-22-36(23-27-42)50(54)51(37-14-6-3-7-15-37)56-53(55)38-16-8-4-9-17-38/h3-33,50-51H,54H2,1-2H3,(H2,55,56)/t50-,51?/m1/s1. The van der Waals surface area contributed by atoms with E-state index in [1.807, 2.05) is 48.5 Å². The van der Waals surface area contributed by atoms with Crippen LogP contribution in [0.2, 0.25) is 0 Å². The maximum Gasteiger partial charge on any atom is 0.126 e. The molecule has 2 heterocycles. The average Bonchev–Trinajstić information content (AvgIpc) is 3.78. The first kappa shape index (κ1) is 35.2. The van der Waals surface area contributed by atoms with Gasteiger partial charge >= 0.3 is 0 Å². The van der Waals surface area contributed by atoms with E-state index in [9.17, 15) is 0 Å². The van der Waals surface area contributed by atoms with Gasteiger partial charge in [0.15, 0.2) is 0 Å². The summed E-state index contributed by atoms with van der Waals surface area (Å²) in [5, 5.41) is 4.96. The Balaban J connectivity index is 1.06. The highest BCUT2D eigenvalue weighted by atomic mass is 15.0. The number of aromatic nitrogens is 2. The molecule has 0 saturated carbocycles. The fraction of sp³-hybridized carbons (Fsp3) is 0.0755. The molecule has 0 fully saturated rings. The number of hydrogen-bond acceptors (Lipinski definition) is 2. The van der Waals surface area contributed by atoms with Gasteiger partial charge in [-0.05, 0) is 102 Å². The van der Waals surface area contributed by atoms with Gasteiger partial charge in [-0.15, -0.1) is 0 Å². The Morgan fingerprint density at radius 2 is 1.03 bits per heavy atom. The smallest absolute Gasteiger partial charge is 0.126 e. The number of aliphatic imine (C=N–C) groups is 1. The van der Waals surface area contributed by atoms with E-state index in [1.165, 1.54) is 60.3 Å². The van der Waals surface area contributed by atoms with E-state index in [-0.39, 0.29) is 6.04 Å². The molecule has 0 amide bonds. The van der Waals surface area contributed by atoms with Crippen molar-refractivity contribution in [2.75, 3.05) is 0 Å². The molecule has 2 atom stereocenters. The molecule has 0 aliphatic rings. The van der Waals surface area contributed by atoms with E-state index in [1.54, 1.807) is 0 Å². The fourth-order valence-corrected chi connectivity index (χ4v) is 8.86. The van der Waals surface area contributed by atoms with Gasteiger partial charge in [-0.1, -0.05) is 133 Å². The Morgan fingerprint density at radius 1 is 0.483 bits per heavy atom. The first-order valence-electron chi connectivity index (χ1n) is 19.9. The monoisotopic (exact) mass is 749 g/mol. The van der Waals surface area contributed by atoms with Gasteiger partial charge in [0.05, 0.1) is 34.2 Å². The lowest BCUT2D eigenvalue weighted by Gasteiger charge is -2.23. The van der Waals surface area contributed by atoms with Crippen molar-refractivity contribution in [2.45, 2.75) is 25.9 Å². The molecule has 58 heavy (non-hydrogen) atoms. The molecule has 0 aliphatic heterocycles. The zero-order chi connectivity index (χ0) is 39.3. The van der Waals surface area contributed by atoms with Crippen LogP contribution in [0, 0.1) is 13.8 Å². The maximum atomic E-state index is 7.09. The zero-order valence-corrected chi connectivity index (χ0v) is 32.5. The molecule has 4 N–H and O–H groups in total. The average molecular weight is 750 g/mol. The second-order valence-electron chi connectivity index (χ2n) is 15.3. The molecular weight excluding hydrogens is 707 g/mol. The van der Waals surface area contributed by atoms with Gasteiger partial charge in [0.2, 0.25) is 0 Å². The van der Waals surface area contributed by atoms with E-state index in [2.05, 4.69) is 163 Å². The van der Waals surface area contributed by atoms with Crippen LogP contribution in [0.5, 0.6) is 0 Å². The fourth-order valence-electron chi connectivity index (χ4n) is 8.86. The molecule has 8 aromatic carbocycles. The van der Waals surface area contributed by atoms with Gasteiger partial charge in [-0.25, -0.2) is 0 Å². The van der Waals surface area contributed by atoms with Crippen molar-refractivity contribution in [2.24, 2.45) is 16.5 Å². The summed E-state index contributed by atoms with van der Waals surface area (Å²) in [4.78, 5) is 5.01. The number of hydrogen-bond donors (Lipinski definition) is 2. The predicted octanol–water partition coefficient (Wildman–Crippen LogP) is 12.3. The quantitative estimate of drug-likeness (QED) is 0.120. The van der Waals surface area contributed by atoms with E-state index in [0.717, 1.165) is 33.6 Å². The number of para-hydroxylation sites is 2. The summed E-state index contributed by atoms with van der Waals surface area (Å²) < 4.78 is 4.76. The number of nitrogens with zero attached hydrogens (tertiary/aromatic N) is 3. The van der Waals surface area contributed by atoms with Crippen molar-refractivity contribution < 1.29 is 0 Å². The molecule has 0 saturated heterocycles. The molecule has 0 spiro atoms. The third-order valence-corrected chi connectivity index (χ3v) is 11.6. The van der Waals surface area contributed by atoms with E-state index < -0.39 is 6.04 Å². The van der Waals surface area contributed by atoms with E-state index in [4.69, 9.17) is 16.5 Å². The molecule has 5 heteroatoms. The minimum atomic E-state index is -0.414. The van der Waals surface area contributed by atoms with Crippen molar-refractivity contribution >= 4 is 49.4 Å². The number of benzene rings is 8. The van der Waals surface area contributed by atoms with Crippen LogP contribution < -0.4 is 11.5 Å². The molecule has 2 aromatic heterocycles. The second-order valence-corrected chi connectivity index (χ2v) is 15.3. The Labute approximate surface area is 338 Å². The minimum absolute atomic E-state index is 0.363. The third kappa shape index (κ3) is 6.04. The van der Waals surface area contributed by atoms with Crippen LogP contribution in [0.1, 0.15) is 39.9 Å². The summed E-state index contributed by atoms with van der Waals surface area (Å²) in [6, 6.07) is 65.7. The van der Waals surface area contributed by atoms with Gasteiger partial charge in [0.25, 0.3) is 0 Å². The van der Waals surface area contributed by atoms with Crippen LogP contribution in [0.15, 0.2) is 193 Å². The van der Waals surface area contributed by atoms with Crippen LogP contribution in [-0.4, -0.2) is 15.0 Å². The number of aryl methyl sites for hydroxylation is 2. The van der Waals surface area contributed by atoms with Crippen LogP contribution in [0.3, 0.4) is 0 Å². The van der Waals surface area contributed by atoms with Crippen LogP contribution in [0.25, 0.3) is 66.1 Å². The third-order valence-electron chi connectivity index (χ3n) is 11.6. The molecule has 0 aliphatic carbocycles. The SMILES string of the molecule is Cc1cc(C)c2c(c1)c1cc(-c3ccc4c(c3)c3ccccc3n4-c3ccccc3)ccc1n2-c1ccc([C@@H](N)C(N=C(N)c2ccccc2)c2ccccc2)cc1. The van der Waals surface area contributed by atoms with Gasteiger partial charge in [0, 0.05) is 38.5 Å². The van der Waals surface area contributed by atoms with Crippen LogP contribution in [-0.2, 0) is 0 Å². The number of amidine groups is 1. The van der Waals surface area contributed by atoms with Crippen LogP contribution in [0.4, 0.5) is 0 Å². The van der Waals surface area contributed by atoms with Crippen molar-refractivity contribution in [3.63, 3.8) is 0 Å². The number of rotatable bonds is 8. The predicted molar refractivity (Wildman–Crippen MR) is 243 cm³/mol. The first-order chi connectivity index (χ1) is 28.4. The molecular formula is C53H43N5. The Morgan fingerprint density at radius 3 is 1.72 bits per heavy atom. The molecule has 0 radical (unpaired) electrons. The summed E-state index contributed by atoms with van der Waals surface area (Å²) in [5.41, 5.74) is 28.4. The highest BCUT2D eigenvalue weighted by Crippen LogP contribution is 2.40. The first-order valence-corrected chi connectivity index (χ1v) is 19.9. The highest BCUT2D eigenvalue weighted by Gasteiger charge is 2.23. The molecule has 1 unspecified atom stereocenters. The molecule has 280 valence electrons. The lowest BCUT2D eigenvalue weighted by Crippen LogP contribution is -2.23. The van der Waals surface area contributed by atoms with Gasteiger partial charge in [0.1, 0.15) is 5.84 Å². The summed E-state index contributed by atoms with van der Waals surface area (Å²) in [6.45, 7) is 4.40. The van der Waals surface area contributed by atoms with Gasteiger partial charge in [-0.3, -0.25) is 4.99 Å². The summed E-state index contributed by atoms with van der Waals surface area (Å²) in [6.07, 6.45) is 0. The normalized spacial score (nSPS) is 13.1. The molecule has 5 nitrogen and oxygen atoms in total. The van der Waals surface area contributed by atoms with Crippen molar-refractivity contribution in [1.29, 1.82) is 0 Å². The van der Waals surface area contributed by atoms with Crippen molar-refractivity contribution in [1.82, 2.24) is 9.13 Å². The molecule has 10 rings (SSSR count). The lowest BCUT2D eigenvalue weighted by molar-refractivity contribution is 0.576. The number of fused-ring (bicyclic) bond motifs is 6. The highest BCUT2D eigenvalue weighted by molar-refractivity contribution is 6.13. The summed E-state index contributed by atoms with van der Waals surface area (Å²) in [5.74, 6) is 0.468. The van der Waals surface area contributed by atoms with Gasteiger partial charge in [-0.2, -0.15) is 0 Å². The largest absolute Gasteiger partial charge is 0.383 e. The van der Waals surface area contributed by atoms with Gasteiger partial charge < -0.3 is 20.6 Å². The summed E-state index contributed by atoms with van der Waals surface area (Å²) in [7, 11) is 0. The van der Waals surface area contributed by atoms with E-state index >= 15 is 0 Å². The zero-order valence-electron chi connectivity index (χ0n) is 32.5. The van der Waals surface area contributed by atoms with Crippen LogP contribution >= 0.6 is 0 Å². The van der Waals surface area contributed by atoms with E-state index in [0.29, 0.717) is 5.84 Å². The Hall–Kier alpha value is -7.21.